The van der Waals surface area contributed by atoms with Gasteiger partial charge in [-0.1, -0.05) is 104 Å². The van der Waals surface area contributed by atoms with Crippen molar-refractivity contribution in [1.29, 1.82) is 0 Å². The predicted octanol–water partition coefficient (Wildman–Crippen LogP) is 7.89. The van der Waals surface area contributed by atoms with Crippen molar-refractivity contribution in [3.8, 4) is 22.3 Å². The molecule has 5 rings (SSSR count). The highest BCUT2D eigenvalue weighted by molar-refractivity contribution is 6.19. The minimum Gasteiger partial charge on any atom is -0.0622 e. The molecule has 0 aromatic heterocycles. The third-order valence-corrected chi connectivity index (χ3v) is 5.64. The van der Waals surface area contributed by atoms with Gasteiger partial charge in [0.1, 0.15) is 0 Å². The molecule has 0 aliphatic rings. The second-order valence-electron chi connectivity index (χ2n) is 7.29. The highest BCUT2D eigenvalue weighted by atomic mass is 14.2. The monoisotopic (exact) mass is 358 g/mol. The van der Waals surface area contributed by atoms with Crippen molar-refractivity contribution in [2.24, 2.45) is 0 Å². The molecular formula is C28H22. The first-order chi connectivity index (χ1) is 13.8. The van der Waals surface area contributed by atoms with Crippen LogP contribution in [0.5, 0.6) is 0 Å². The maximum atomic E-state index is 2.34. The van der Waals surface area contributed by atoms with E-state index in [0.29, 0.717) is 0 Å². The number of fused-ring (bicyclic) bond motifs is 3. The largest absolute Gasteiger partial charge is 0.0622 e. The lowest BCUT2D eigenvalue weighted by molar-refractivity contribution is 1.14. The zero-order chi connectivity index (χ0) is 18.9. The first kappa shape index (κ1) is 16.8. The van der Waals surface area contributed by atoms with Gasteiger partial charge in [0.2, 0.25) is 0 Å². The molecule has 5 aromatic rings. The minimum absolute atomic E-state index is 1.07. The molecular weight excluding hydrogens is 336 g/mol. The van der Waals surface area contributed by atoms with E-state index in [-0.39, 0.29) is 0 Å². The summed E-state index contributed by atoms with van der Waals surface area (Å²) in [6, 6.07) is 37.5. The number of aryl methyl sites for hydroxylation is 1. The van der Waals surface area contributed by atoms with Gasteiger partial charge in [-0.2, -0.15) is 0 Å². The van der Waals surface area contributed by atoms with E-state index < -0.39 is 0 Å². The lowest BCUT2D eigenvalue weighted by atomic mass is 9.88. The first-order valence-corrected chi connectivity index (χ1v) is 9.94. The van der Waals surface area contributed by atoms with Crippen LogP contribution in [0, 0.1) is 0 Å². The summed E-state index contributed by atoms with van der Waals surface area (Å²) < 4.78 is 0. The second kappa shape index (κ2) is 6.98. The van der Waals surface area contributed by atoms with Crippen LogP contribution in [-0.4, -0.2) is 0 Å². The van der Waals surface area contributed by atoms with E-state index in [2.05, 4.69) is 110 Å². The average molecular weight is 358 g/mol. The average Bonchev–Trinajstić information content (AvgIpc) is 2.79. The smallest absolute Gasteiger partial charge is 0.00206 e. The van der Waals surface area contributed by atoms with Crippen molar-refractivity contribution in [2.45, 2.75) is 13.3 Å². The molecule has 0 saturated heterocycles. The Morgan fingerprint density at radius 3 is 2.00 bits per heavy atom. The fourth-order valence-corrected chi connectivity index (χ4v) is 4.17. The highest BCUT2D eigenvalue weighted by Crippen LogP contribution is 2.40. The molecule has 0 bridgehead atoms. The van der Waals surface area contributed by atoms with Crippen molar-refractivity contribution in [3.05, 3.63) is 109 Å². The molecule has 0 atom stereocenters. The van der Waals surface area contributed by atoms with E-state index in [9.17, 15) is 0 Å². The van der Waals surface area contributed by atoms with Crippen LogP contribution in [0.4, 0.5) is 0 Å². The molecule has 134 valence electrons. The molecule has 0 heterocycles. The number of rotatable bonds is 3. The van der Waals surface area contributed by atoms with Gasteiger partial charge in [0.05, 0.1) is 0 Å². The molecule has 0 fully saturated rings. The van der Waals surface area contributed by atoms with E-state index in [1.165, 1.54) is 49.4 Å². The summed E-state index contributed by atoms with van der Waals surface area (Å²) in [7, 11) is 0. The molecule has 0 amide bonds. The van der Waals surface area contributed by atoms with Crippen LogP contribution >= 0.6 is 0 Å². The van der Waals surface area contributed by atoms with Crippen molar-refractivity contribution >= 4 is 21.5 Å². The van der Waals surface area contributed by atoms with E-state index in [1.807, 2.05) is 0 Å². The normalized spacial score (nSPS) is 11.2. The highest BCUT2D eigenvalue weighted by Gasteiger charge is 2.12. The molecule has 0 radical (unpaired) electrons. The fraction of sp³-hybridized carbons (Fsp3) is 0.0714. The molecule has 0 aliphatic heterocycles. The SMILES string of the molecule is CCc1ccc(-c2cc3ccccc3c3c(-c4ccccc4)cccc23)cc1. The fourth-order valence-electron chi connectivity index (χ4n) is 4.17. The summed E-state index contributed by atoms with van der Waals surface area (Å²) in [6.45, 7) is 2.20. The molecule has 0 N–H and O–H groups in total. The third kappa shape index (κ3) is 2.78. The van der Waals surface area contributed by atoms with E-state index in [0.717, 1.165) is 6.42 Å². The third-order valence-electron chi connectivity index (χ3n) is 5.64. The summed E-state index contributed by atoms with van der Waals surface area (Å²) in [5.41, 5.74) is 6.50. The molecule has 0 nitrogen and oxygen atoms in total. The van der Waals surface area contributed by atoms with Crippen LogP contribution in [0.3, 0.4) is 0 Å². The number of hydrogen-bond donors (Lipinski definition) is 0. The molecule has 0 aliphatic carbocycles. The van der Waals surface area contributed by atoms with Gasteiger partial charge in [-0.25, -0.2) is 0 Å². The summed E-state index contributed by atoms with van der Waals surface area (Å²) in [5.74, 6) is 0. The van der Waals surface area contributed by atoms with Gasteiger partial charge in [0, 0.05) is 0 Å². The van der Waals surface area contributed by atoms with Crippen LogP contribution in [0.25, 0.3) is 43.8 Å². The predicted molar refractivity (Wildman–Crippen MR) is 122 cm³/mol. The summed E-state index contributed by atoms with van der Waals surface area (Å²) in [4.78, 5) is 0. The van der Waals surface area contributed by atoms with Crippen LogP contribution in [-0.2, 0) is 6.42 Å². The summed E-state index contributed by atoms with van der Waals surface area (Å²) >= 11 is 0. The van der Waals surface area contributed by atoms with Crippen LogP contribution in [0.1, 0.15) is 12.5 Å². The Labute approximate surface area is 166 Å². The quantitative estimate of drug-likeness (QED) is 0.288. The van der Waals surface area contributed by atoms with Crippen molar-refractivity contribution in [1.82, 2.24) is 0 Å². The molecule has 28 heavy (non-hydrogen) atoms. The number of benzene rings is 5. The maximum absolute atomic E-state index is 2.34. The van der Waals surface area contributed by atoms with Gasteiger partial charge in [0.25, 0.3) is 0 Å². The Kier molecular flexibility index (Phi) is 4.18. The lowest BCUT2D eigenvalue weighted by Gasteiger charge is -2.15. The molecule has 0 heteroatoms. The summed E-state index contributed by atoms with van der Waals surface area (Å²) in [5, 5.41) is 5.24. The Bertz CT molecular complexity index is 1260. The molecule has 0 unspecified atom stereocenters. The Balaban J connectivity index is 1.89. The van der Waals surface area contributed by atoms with Crippen LogP contribution in [0.15, 0.2) is 103 Å². The Hall–Kier alpha value is -3.38. The Morgan fingerprint density at radius 1 is 0.536 bits per heavy atom. The van der Waals surface area contributed by atoms with Crippen LogP contribution < -0.4 is 0 Å². The second-order valence-corrected chi connectivity index (χ2v) is 7.29. The number of hydrogen-bond acceptors (Lipinski definition) is 0. The first-order valence-electron chi connectivity index (χ1n) is 9.94. The van der Waals surface area contributed by atoms with Gasteiger partial charge >= 0.3 is 0 Å². The van der Waals surface area contributed by atoms with Gasteiger partial charge in [-0.3, -0.25) is 0 Å². The van der Waals surface area contributed by atoms with Gasteiger partial charge < -0.3 is 0 Å². The van der Waals surface area contributed by atoms with E-state index >= 15 is 0 Å². The zero-order valence-electron chi connectivity index (χ0n) is 16.0. The molecule has 0 spiro atoms. The van der Waals surface area contributed by atoms with E-state index in [1.54, 1.807) is 0 Å². The van der Waals surface area contributed by atoms with Crippen LogP contribution in [0.2, 0.25) is 0 Å². The van der Waals surface area contributed by atoms with Gasteiger partial charge in [-0.05, 0) is 61.8 Å². The lowest BCUT2D eigenvalue weighted by Crippen LogP contribution is -1.88. The Morgan fingerprint density at radius 2 is 1.21 bits per heavy atom. The maximum Gasteiger partial charge on any atom is -0.00206 e. The van der Waals surface area contributed by atoms with Crippen molar-refractivity contribution in [3.63, 3.8) is 0 Å². The van der Waals surface area contributed by atoms with Crippen molar-refractivity contribution in [2.75, 3.05) is 0 Å². The van der Waals surface area contributed by atoms with E-state index in [4.69, 9.17) is 0 Å². The van der Waals surface area contributed by atoms with Gasteiger partial charge in [-0.15, -0.1) is 0 Å². The van der Waals surface area contributed by atoms with Gasteiger partial charge in [0.15, 0.2) is 0 Å². The standard InChI is InChI=1S/C28H22/c1-2-20-15-17-22(18-16-20)27-19-23-11-6-7-12-25(23)28-24(13-8-14-26(27)28)21-9-4-3-5-10-21/h3-19H,2H2,1H3. The topological polar surface area (TPSA) is 0 Å². The minimum atomic E-state index is 1.07. The summed E-state index contributed by atoms with van der Waals surface area (Å²) in [6.07, 6.45) is 1.07. The van der Waals surface area contributed by atoms with Crippen molar-refractivity contribution < 1.29 is 0 Å². The zero-order valence-corrected chi connectivity index (χ0v) is 16.0. The molecule has 0 saturated carbocycles. The molecule has 5 aromatic carbocycles.